The van der Waals surface area contributed by atoms with Gasteiger partial charge in [-0.05, 0) is 56.2 Å². The molecule has 0 spiro atoms. The highest BCUT2D eigenvalue weighted by atomic mass is 16.5. The highest BCUT2D eigenvalue weighted by Gasteiger charge is 2.25. The van der Waals surface area contributed by atoms with E-state index >= 15 is 0 Å². The summed E-state index contributed by atoms with van der Waals surface area (Å²) < 4.78 is 11.5. The zero-order chi connectivity index (χ0) is 28.9. The van der Waals surface area contributed by atoms with Crippen LogP contribution < -0.4 is 10.5 Å². The number of carbonyl (C=O) groups excluding carboxylic acids is 2. The Morgan fingerprint density at radius 2 is 1.80 bits per heavy atom. The van der Waals surface area contributed by atoms with Gasteiger partial charge < -0.3 is 30.1 Å². The number of ether oxygens (including phenoxy) is 2. The third-order valence-electron chi connectivity index (χ3n) is 7.76. The van der Waals surface area contributed by atoms with Gasteiger partial charge in [0.05, 0.1) is 18.8 Å². The topological polar surface area (TPSA) is 118 Å². The molecule has 3 N–H and O–H groups in total. The summed E-state index contributed by atoms with van der Waals surface area (Å²) in [6.07, 6.45) is 9.49. The Balaban J connectivity index is 1.21. The molecule has 41 heavy (non-hydrogen) atoms. The van der Waals surface area contributed by atoms with Crippen molar-refractivity contribution in [3.8, 4) is 5.75 Å². The van der Waals surface area contributed by atoms with Crippen LogP contribution in [0.1, 0.15) is 75.3 Å². The minimum Gasteiger partial charge on any atom is -0.493 e. The lowest BCUT2D eigenvalue weighted by atomic mass is 9.93. The van der Waals surface area contributed by atoms with Crippen LogP contribution in [0.15, 0.2) is 53.5 Å². The van der Waals surface area contributed by atoms with Crippen molar-refractivity contribution in [2.75, 3.05) is 26.3 Å². The zero-order valence-electron chi connectivity index (χ0n) is 24.0. The Hall–Kier alpha value is -3.59. The van der Waals surface area contributed by atoms with Crippen LogP contribution in [0.5, 0.6) is 5.75 Å². The summed E-state index contributed by atoms with van der Waals surface area (Å²) in [5, 5.41) is 9.28. The summed E-state index contributed by atoms with van der Waals surface area (Å²) in [7, 11) is 0. The Labute approximate surface area is 243 Å². The molecule has 2 aliphatic rings. The van der Waals surface area contributed by atoms with Gasteiger partial charge >= 0.3 is 5.97 Å². The van der Waals surface area contributed by atoms with Crippen molar-refractivity contribution in [3.63, 3.8) is 0 Å². The predicted molar refractivity (Wildman–Crippen MR) is 159 cm³/mol. The van der Waals surface area contributed by atoms with Gasteiger partial charge in [0.2, 0.25) is 5.91 Å². The minimum atomic E-state index is -0.373. The number of amides is 1. The Kier molecular flexibility index (Phi) is 11.9. The van der Waals surface area contributed by atoms with Crippen LogP contribution in [-0.2, 0) is 27.5 Å². The fraction of sp³-hybridized carbons (Fsp3) is 0.531. The number of nitrogens with two attached hydrogens (primary N) is 1. The normalized spacial score (nSPS) is 15.1. The molecule has 0 aromatic heterocycles. The molecule has 1 amide bonds. The number of nitrogens with zero attached hydrogens (tertiary/aromatic N) is 3. The highest BCUT2D eigenvalue weighted by molar-refractivity contribution is 5.87. The van der Waals surface area contributed by atoms with Crippen molar-refractivity contribution in [2.24, 2.45) is 10.7 Å². The number of aliphatic imine (C=N–C) groups is 1. The van der Waals surface area contributed by atoms with E-state index in [0.29, 0.717) is 38.6 Å². The van der Waals surface area contributed by atoms with Crippen LogP contribution in [-0.4, -0.2) is 65.1 Å². The molecular formula is C32H44N4O5. The Morgan fingerprint density at radius 1 is 1.00 bits per heavy atom. The van der Waals surface area contributed by atoms with Crippen LogP contribution in [0.4, 0.5) is 5.69 Å². The summed E-state index contributed by atoms with van der Waals surface area (Å²) in [5.41, 5.74) is 8.71. The molecule has 1 saturated carbocycles. The fourth-order valence-electron chi connectivity index (χ4n) is 5.52. The molecule has 9 nitrogen and oxygen atoms in total. The lowest BCUT2D eigenvalue weighted by molar-refractivity contribution is -0.145. The van der Waals surface area contributed by atoms with E-state index in [1.54, 1.807) is 4.90 Å². The second kappa shape index (κ2) is 16.0. The quantitative estimate of drug-likeness (QED) is 0.238. The molecular weight excluding hydrogens is 520 g/mol. The van der Waals surface area contributed by atoms with E-state index in [4.69, 9.17) is 15.2 Å². The largest absolute Gasteiger partial charge is 0.493 e. The molecule has 0 radical (unpaired) electrons. The lowest BCUT2D eigenvalue weighted by Gasteiger charge is -2.34. The molecule has 1 aliphatic carbocycles. The first-order chi connectivity index (χ1) is 20.0. The van der Waals surface area contributed by atoms with Crippen molar-refractivity contribution in [1.82, 2.24) is 9.80 Å². The van der Waals surface area contributed by atoms with Gasteiger partial charge in [0, 0.05) is 31.2 Å². The highest BCUT2D eigenvalue weighted by Crippen LogP contribution is 2.33. The van der Waals surface area contributed by atoms with Crippen molar-refractivity contribution >= 4 is 23.5 Å². The Bertz CT molecular complexity index is 1150. The number of hydrogen-bond acceptors (Lipinski definition) is 8. The van der Waals surface area contributed by atoms with Gasteiger partial charge in [-0.15, -0.1) is 0 Å². The van der Waals surface area contributed by atoms with E-state index in [-0.39, 0.29) is 37.6 Å². The SMILES string of the molecule is NC1=Nc2cccc(OCCCCCC(=O)N(CCCO)C3CCCCC3)c2CN1CC(=O)OCc1ccccc1. The van der Waals surface area contributed by atoms with Gasteiger partial charge in [-0.3, -0.25) is 9.59 Å². The first-order valence-corrected chi connectivity index (χ1v) is 15.0. The third kappa shape index (κ3) is 9.21. The maximum atomic E-state index is 13.0. The minimum absolute atomic E-state index is 0.000148. The van der Waals surface area contributed by atoms with E-state index in [0.717, 1.165) is 54.7 Å². The number of rotatable bonds is 15. The number of carbonyl (C=O) groups is 2. The van der Waals surface area contributed by atoms with Crippen LogP contribution in [0.2, 0.25) is 0 Å². The average Bonchev–Trinajstić information content (AvgIpc) is 2.99. The summed E-state index contributed by atoms with van der Waals surface area (Å²) in [5.74, 6) is 0.838. The van der Waals surface area contributed by atoms with Gasteiger partial charge in [0.1, 0.15) is 18.9 Å². The summed E-state index contributed by atoms with van der Waals surface area (Å²) in [6.45, 7) is 1.91. The number of esters is 1. The summed E-state index contributed by atoms with van der Waals surface area (Å²) in [6, 6.07) is 15.6. The van der Waals surface area contributed by atoms with E-state index in [2.05, 4.69) is 4.99 Å². The molecule has 0 unspecified atom stereocenters. The molecule has 0 bridgehead atoms. The molecule has 222 valence electrons. The first-order valence-electron chi connectivity index (χ1n) is 15.0. The van der Waals surface area contributed by atoms with Crippen LogP contribution >= 0.6 is 0 Å². The Morgan fingerprint density at radius 3 is 2.59 bits per heavy atom. The second-order valence-corrected chi connectivity index (χ2v) is 10.8. The monoisotopic (exact) mass is 564 g/mol. The van der Waals surface area contributed by atoms with Crippen molar-refractivity contribution in [1.29, 1.82) is 0 Å². The maximum Gasteiger partial charge on any atom is 0.325 e. The summed E-state index contributed by atoms with van der Waals surface area (Å²) >= 11 is 0. The number of fused-ring (bicyclic) bond motifs is 1. The predicted octanol–water partition coefficient (Wildman–Crippen LogP) is 4.67. The number of benzene rings is 2. The van der Waals surface area contributed by atoms with Crippen LogP contribution in [0, 0.1) is 0 Å². The van der Waals surface area contributed by atoms with Crippen LogP contribution in [0.3, 0.4) is 0 Å². The molecule has 1 heterocycles. The lowest BCUT2D eigenvalue weighted by Crippen LogP contribution is -2.42. The summed E-state index contributed by atoms with van der Waals surface area (Å²) in [4.78, 5) is 33.7. The van der Waals surface area contributed by atoms with Gasteiger partial charge in [0.15, 0.2) is 5.96 Å². The van der Waals surface area contributed by atoms with Crippen molar-refractivity contribution in [2.45, 2.75) is 83.4 Å². The van der Waals surface area contributed by atoms with Gasteiger partial charge in [-0.2, -0.15) is 0 Å². The molecule has 1 fully saturated rings. The molecule has 0 atom stereocenters. The van der Waals surface area contributed by atoms with Crippen molar-refractivity contribution in [3.05, 3.63) is 59.7 Å². The first kappa shape index (κ1) is 30.4. The second-order valence-electron chi connectivity index (χ2n) is 10.8. The number of guanidine groups is 1. The third-order valence-corrected chi connectivity index (χ3v) is 7.76. The fourth-order valence-corrected chi connectivity index (χ4v) is 5.52. The number of hydrogen-bond donors (Lipinski definition) is 2. The van der Waals surface area contributed by atoms with Crippen molar-refractivity contribution < 1.29 is 24.2 Å². The zero-order valence-corrected chi connectivity index (χ0v) is 24.0. The number of unbranched alkanes of at least 4 members (excludes halogenated alkanes) is 2. The molecule has 2 aromatic rings. The van der Waals surface area contributed by atoms with E-state index in [1.165, 1.54) is 19.3 Å². The molecule has 1 aliphatic heterocycles. The molecule has 2 aromatic carbocycles. The average molecular weight is 565 g/mol. The molecule has 9 heteroatoms. The smallest absolute Gasteiger partial charge is 0.325 e. The van der Waals surface area contributed by atoms with Gasteiger partial charge in [-0.1, -0.05) is 55.7 Å². The van der Waals surface area contributed by atoms with Gasteiger partial charge in [0.25, 0.3) is 0 Å². The maximum absolute atomic E-state index is 13.0. The van der Waals surface area contributed by atoms with Crippen LogP contribution in [0.25, 0.3) is 0 Å². The number of aliphatic hydroxyl groups is 1. The standard InChI is InChI=1S/C32H44N4O5/c33-32-34-28-16-10-17-29(27(28)22-35(32)23-31(39)41-24-25-12-4-1-5-13-25)40-21-9-3-8-18-30(38)36(19-11-20-37)26-14-6-2-7-15-26/h1,4-5,10,12-13,16-17,26,37H,2-3,6-9,11,14-15,18-24H2,(H2,33,34). The van der Waals surface area contributed by atoms with E-state index in [1.807, 2.05) is 53.4 Å². The van der Waals surface area contributed by atoms with E-state index in [9.17, 15) is 14.7 Å². The molecule has 0 saturated heterocycles. The number of aliphatic hydroxyl groups excluding tert-OH is 1. The van der Waals surface area contributed by atoms with Gasteiger partial charge in [-0.25, -0.2) is 4.99 Å². The molecule has 4 rings (SSSR count). The van der Waals surface area contributed by atoms with E-state index < -0.39 is 0 Å².